The van der Waals surface area contributed by atoms with Crippen molar-refractivity contribution in [3.8, 4) is 0 Å². The van der Waals surface area contributed by atoms with Crippen LogP contribution in [0.15, 0.2) is 42.5 Å². The third-order valence-electron chi connectivity index (χ3n) is 2.52. The predicted molar refractivity (Wildman–Crippen MR) is 86.4 cm³/mol. The number of urea groups is 1. The van der Waals surface area contributed by atoms with Crippen LogP contribution in [0.5, 0.6) is 0 Å². The Labute approximate surface area is 134 Å². The summed E-state index contributed by atoms with van der Waals surface area (Å²) in [4.78, 5) is 11.7. The van der Waals surface area contributed by atoms with Crippen molar-refractivity contribution in [3.63, 3.8) is 0 Å². The van der Waals surface area contributed by atoms with Crippen LogP contribution in [-0.2, 0) is 6.54 Å². The molecule has 0 aliphatic heterocycles. The van der Waals surface area contributed by atoms with Crippen LogP contribution in [0.1, 0.15) is 5.56 Å². The molecule has 0 saturated carbocycles. The van der Waals surface area contributed by atoms with E-state index in [2.05, 4.69) is 33.2 Å². The molecule has 2 rings (SSSR count). The van der Waals surface area contributed by atoms with Crippen LogP contribution in [0.4, 0.5) is 14.9 Å². The number of hydrogen-bond donors (Lipinski definition) is 2. The zero-order chi connectivity index (χ0) is 14.5. The van der Waals surface area contributed by atoms with Crippen LogP contribution in [0.3, 0.4) is 0 Å². The van der Waals surface area contributed by atoms with Crippen molar-refractivity contribution in [2.24, 2.45) is 0 Å². The highest BCUT2D eigenvalue weighted by molar-refractivity contribution is 14.1. The Kier molecular flexibility index (Phi) is 5.19. The van der Waals surface area contributed by atoms with Crippen molar-refractivity contribution in [3.05, 3.63) is 62.4 Å². The normalized spacial score (nSPS) is 10.2. The van der Waals surface area contributed by atoms with Gasteiger partial charge in [0, 0.05) is 15.8 Å². The Bertz CT molecular complexity index is 636. The molecule has 0 aliphatic carbocycles. The molecule has 0 fully saturated rings. The van der Waals surface area contributed by atoms with Gasteiger partial charge in [-0.05, 0) is 58.5 Å². The Morgan fingerprint density at radius 2 is 2.05 bits per heavy atom. The minimum Gasteiger partial charge on any atom is -0.334 e. The first-order valence-electron chi connectivity index (χ1n) is 5.79. The Morgan fingerprint density at radius 3 is 2.75 bits per heavy atom. The summed E-state index contributed by atoms with van der Waals surface area (Å²) in [6.07, 6.45) is 0. The van der Waals surface area contributed by atoms with Crippen molar-refractivity contribution in [2.75, 3.05) is 5.32 Å². The number of amides is 2. The van der Waals surface area contributed by atoms with E-state index in [0.717, 1.165) is 9.13 Å². The van der Waals surface area contributed by atoms with E-state index in [1.807, 2.05) is 18.2 Å². The summed E-state index contributed by atoms with van der Waals surface area (Å²) in [5.74, 6) is -0.473. The predicted octanol–water partition coefficient (Wildman–Crippen LogP) is 4.41. The molecular formula is C14H11ClFIN2O. The second-order valence-corrected chi connectivity index (χ2v) is 5.72. The monoisotopic (exact) mass is 404 g/mol. The molecule has 0 radical (unpaired) electrons. The topological polar surface area (TPSA) is 41.1 Å². The number of benzene rings is 2. The van der Waals surface area contributed by atoms with Crippen LogP contribution >= 0.6 is 34.2 Å². The van der Waals surface area contributed by atoms with Gasteiger partial charge in [0.1, 0.15) is 5.82 Å². The molecular weight excluding hydrogens is 394 g/mol. The van der Waals surface area contributed by atoms with Gasteiger partial charge in [0.2, 0.25) is 0 Å². The average molecular weight is 405 g/mol. The van der Waals surface area contributed by atoms with Gasteiger partial charge in [0.05, 0.1) is 5.02 Å². The van der Waals surface area contributed by atoms with Gasteiger partial charge in [-0.2, -0.15) is 0 Å². The van der Waals surface area contributed by atoms with Gasteiger partial charge in [-0.25, -0.2) is 9.18 Å². The Hall–Kier alpha value is -1.34. The van der Waals surface area contributed by atoms with Gasteiger partial charge in [0.25, 0.3) is 0 Å². The number of rotatable bonds is 3. The zero-order valence-electron chi connectivity index (χ0n) is 10.3. The third-order valence-corrected chi connectivity index (χ3v) is 3.48. The lowest BCUT2D eigenvalue weighted by atomic mass is 10.2. The van der Waals surface area contributed by atoms with Crippen molar-refractivity contribution in [1.29, 1.82) is 0 Å². The summed E-state index contributed by atoms with van der Waals surface area (Å²) in [5, 5.41) is 5.44. The lowest BCUT2D eigenvalue weighted by molar-refractivity contribution is 0.251. The molecule has 0 aliphatic rings. The lowest BCUT2D eigenvalue weighted by Gasteiger charge is -2.08. The second-order valence-electron chi connectivity index (χ2n) is 4.07. The summed E-state index contributed by atoms with van der Waals surface area (Å²) < 4.78 is 14.0. The molecule has 2 N–H and O–H groups in total. The van der Waals surface area contributed by atoms with Crippen LogP contribution in [0, 0.1) is 9.39 Å². The largest absolute Gasteiger partial charge is 0.334 e. The van der Waals surface area contributed by atoms with Gasteiger partial charge in [-0.3, -0.25) is 0 Å². The molecule has 0 unspecified atom stereocenters. The van der Waals surface area contributed by atoms with Crippen LogP contribution < -0.4 is 10.6 Å². The van der Waals surface area contributed by atoms with E-state index in [1.54, 1.807) is 12.1 Å². The fourth-order valence-electron chi connectivity index (χ4n) is 1.57. The van der Waals surface area contributed by atoms with Crippen LogP contribution in [-0.4, -0.2) is 6.03 Å². The van der Waals surface area contributed by atoms with E-state index in [-0.39, 0.29) is 17.6 Å². The Balaban J connectivity index is 1.90. The minimum atomic E-state index is -0.473. The summed E-state index contributed by atoms with van der Waals surface area (Å²) in [6, 6.07) is 11.5. The van der Waals surface area contributed by atoms with Gasteiger partial charge >= 0.3 is 6.03 Å². The van der Waals surface area contributed by atoms with Crippen molar-refractivity contribution < 1.29 is 9.18 Å². The molecule has 2 aromatic carbocycles. The Morgan fingerprint density at radius 1 is 1.25 bits per heavy atom. The van der Waals surface area contributed by atoms with E-state index in [0.29, 0.717) is 5.69 Å². The second kappa shape index (κ2) is 6.90. The average Bonchev–Trinajstić information content (AvgIpc) is 2.40. The molecule has 6 heteroatoms. The molecule has 0 saturated heterocycles. The van der Waals surface area contributed by atoms with Crippen LogP contribution in [0.2, 0.25) is 5.02 Å². The van der Waals surface area contributed by atoms with Crippen molar-refractivity contribution in [1.82, 2.24) is 5.32 Å². The molecule has 0 atom stereocenters. The number of carbonyl (C=O) groups is 1. The molecule has 3 nitrogen and oxygen atoms in total. The standard InChI is InChI=1S/C14H11ClFIN2O/c15-12-6-9(4-5-13(12)16)8-18-14(20)19-11-3-1-2-10(17)7-11/h1-7H,8H2,(H2,18,19,20). The number of halogens is 3. The number of carbonyl (C=O) groups excluding carboxylic acids is 1. The van der Waals surface area contributed by atoms with Crippen LogP contribution in [0.25, 0.3) is 0 Å². The number of hydrogen-bond acceptors (Lipinski definition) is 1. The SMILES string of the molecule is O=C(NCc1ccc(F)c(Cl)c1)Nc1cccc(I)c1. The van der Waals surface area contributed by atoms with E-state index < -0.39 is 5.82 Å². The van der Waals surface area contributed by atoms with E-state index in [9.17, 15) is 9.18 Å². The molecule has 0 heterocycles. The first-order valence-corrected chi connectivity index (χ1v) is 7.24. The van der Waals surface area contributed by atoms with E-state index in [4.69, 9.17) is 11.6 Å². The molecule has 104 valence electrons. The summed E-state index contributed by atoms with van der Waals surface area (Å²) in [7, 11) is 0. The molecule has 0 bridgehead atoms. The van der Waals surface area contributed by atoms with Crippen molar-refractivity contribution in [2.45, 2.75) is 6.54 Å². The number of anilines is 1. The summed E-state index contributed by atoms with van der Waals surface area (Å²) in [5.41, 5.74) is 1.45. The fourth-order valence-corrected chi connectivity index (χ4v) is 2.32. The maximum Gasteiger partial charge on any atom is 0.319 e. The van der Waals surface area contributed by atoms with Crippen molar-refractivity contribution >= 4 is 45.9 Å². The molecule has 0 spiro atoms. The first-order chi connectivity index (χ1) is 9.54. The quantitative estimate of drug-likeness (QED) is 0.731. The van der Waals surface area contributed by atoms with E-state index >= 15 is 0 Å². The molecule has 20 heavy (non-hydrogen) atoms. The van der Waals surface area contributed by atoms with Gasteiger partial charge in [-0.15, -0.1) is 0 Å². The zero-order valence-corrected chi connectivity index (χ0v) is 13.2. The van der Waals surface area contributed by atoms with Gasteiger partial charge < -0.3 is 10.6 Å². The van der Waals surface area contributed by atoms with Gasteiger partial charge in [-0.1, -0.05) is 23.7 Å². The van der Waals surface area contributed by atoms with Gasteiger partial charge in [0.15, 0.2) is 0 Å². The maximum atomic E-state index is 13.0. The molecule has 0 aromatic heterocycles. The summed E-state index contributed by atoms with van der Waals surface area (Å²) >= 11 is 7.84. The molecule has 2 amide bonds. The highest BCUT2D eigenvalue weighted by Crippen LogP contribution is 2.16. The smallest absolute Gasteiger partial charge is 0.319 e. The first kappa shape index (κ1) is 15.1. The minimum absolute atomic E-state index is 0.0438. The summed E-state index contributed by atoms with van der Waals surface area (Å²) in [6.45, 7) is 0.274. The molecule has 2 aromatic rings. The lowest BCUT2D eigenvalue weighted by Crippen LogP contribution is -2.28. The maximum absolute atomic E-state index is 13.0. The fraction of sp³-hybridized carbons (Fsp3) is 0.0714. The highest BCUT2D eigenvalue weighted by Gasteiger charge is 2.04. The number of nitrogens with one attached hydrogen (secondary N) is 2. The highest BCUT2D eigenvalue weighted by atomic mass is 127. The third kappa shape index (κ3) is 4.35. The van der Waals surface area contributed by atoms with E-state index in [1.165, 1.54) is 12.1 Å².